The van der Waals surface area contributed by atoms with Gasteiger partial charge in [-0.05, 0) is 34.7 Å². The Hall–Kier alpha value is -4.31. The van der Waals surface area contributed by atoms with Crippen LogP contribution in [0.15, 0.2) is 120 Å². The number of hydrogen-bond donors (Lipinski definition) is 0. The quantitative estimate of drug-likeness (QED) is 0.261. The SMILES string of the molecule is O=C(c1ccc(COc2cccc3ccccc23)o1)N(Cc1ccccc1)Cc1ccccc1. The average Bonchev–Trinajstić information content (AvgIpc) is 3.37. The fraction of sp³-hybridized carbons (Fsp3) is 0.100. The van der Waals surface area contributed by atoms with Gasteiger partial charge in [0.15, 0.2) is 5.76 Å². The Morgan fingerprint density at radius 3 is 2.00 bits per heavy atom. The van der Waals surface area contributed by atoms with Gasteiger partial charge in [-0.25, -0.2) is 0 Å². The lowest BCUT2D eigenvalue weighted by atomic mass is 10.1. The molecular formula is C30H25NO3. The van der Waals surface area contributed by atoms with Crippen LogP contribution in [0.1, 0.15) is 27.4 Å². The van der Waals surface area contributed by atoms with E-state index in [4.69, 9.17) is 9.15 Å². The zero-order valence-electron chi connectivity index (χ0n) is 18.8. The van der Waals surface area contributed by atoms with Crippen LogP contribution in [0.4, 0.5) is 0 Å². The number of benzene rings is 4. The molecule has 0 saturated carbocycles. The molecule has 1 heterocycles. The predicted octanol–water partition coefficient (Wildman–Crippen LogP) is 6.85. The van der Waals surface area contributed by atoms with Crippen LogP contribution in [0.3, 0.4) is 0 Å². The van der Waals surface area contributed by atoms with E-state index >= 15 is 0 Å². The summed E-state index contributed by atoms with van der Waals surface area (Å²) < 4.78 is 12.0. The van der Waals surface area contributed by atoms with E-state index < -0.39 is 0 Å². The van der Waals surface area contributed by atoms with E-state index in [0.717, 1.165) is 27.6 Å². The fourth-order valence-electron chi connectivity index (χ4n) is 4.00. The number of amides is 1. The third-order valence-corrected chi connectivity index (χ3v) is 5.71. The van der Waals surface area contributed by atoms with Crippen LogP contribution in [0.25, 0.3) is 10.8 Å². The lowest BCUT2D eigenvalue weighted by Gasteiger charge is -2.22. The van der Waals surface area contributed by atoms with Crippen molar-refractivity contribution in [3.8, 4) is 5.75 Å². The fourth-order valence-corrected chi connectivity index (χ4v) is 4.00. The van der Waals surface area contributed by atoms with Gasteiger partial charge in [0, 0.05) is 18.5 Å². The van der Waals surface area contributed by atoms with Crippen molar-refractivity contribution in [3.05, 3.63) is 138 Å². The van der Waals surface area contributed by atoms with Crippen molar-refractivity contribution in [2.75, 3.05) is 0 Å². The topological polar surface area (TPSA) is 42.7 Å². The van der Waals surface area contributed by atoms with E-state index in [1.807, 2.05) is 97.1 Å². The molecule has 34 heavy (non-hydrogen) atoms. The van der Waals surface area contributed by atoms with E-state index in [2.05, 4.69) is 12.1 Å². The minimum Gasteiger partial charge on any atom is -0.485 e. The summed E-state index contributed by atoms with van der Waals surface area (Å²) in [6, 6.07) is 37.6. The molecule has 0 aliphatic carbocycles. The van der Waals surface area contributed by atoms with Gasteiger partial charge in [0.05, 0.1) is 0 Å². The van der Waals surface area contributed by atoms with Crippen molar-refractivity contribution < 1.29 is 13.9 Å². The first-order valence-corrected chi connectivity index (χ1v) is 11.3. The third-order valence-electron chi connectivity index (χ3n) is 5.71. The lowest BCUT2D eigenvalue weighted by molar-refractivity contribution is 0.0693. The van der Waals surface area contributed by atoms with Crippen molar-refractivity contribution in [1.82, 2.24) is 4.90 Å². The molecule has 0 unspecified atom stereocenters. The first-order valence-electron chi connectivity index (χ1n) is 11.3. The van der Waals surface area contributed by atoms with E-state index in [-0.39, 0.29) is 12.5 Å². The summed E-state index contributed by atoms with van der Waals surface area (Å²) >= 11 is 0. The molecule has 1 amide bonds. The minimum absolute atomic E-state index is 0.149. The highest BCUT2D eigenvalue weighted by Crippen LogP contribution is 2.26. The molecule has 0 fully saturated rings. The third kappa shape index (κ3) is 5.02. The second-order valence-electron chi connectivity index (χ2n) is 8.16. The summed E-state index contributed by atoms with van der Waals surface area (Å²) in [6.45, 7) is 1.24. The first-order chi connectivity index (χ1) is 16.8. The Morgan fingerprint density at radius 1 is 0.676 bits per heavy atom. The van der Waals surface area contributed by atoms with Gasteiger partial charge in [-0.15, -0.1) is 0 Å². The van der Waals surface area contributed by atoms with Gasteiger partial charge >= 0.3 is 0 Å². The first kappa shape index (κ1) is 21.5. The Labute approximate surface area is 199 Å². The Kier molecular flexibility index (Phi) is 6.39. The predicted molar refractivity (Wildman–Crippen MR) is 133 cm³/mol. The highest BCUT2D eigenvalue weighted by molar-refractivity contribution is 5.91. The molecule has 0 saturated heterocycles. The summed E-state index contributed by atoms with van der Waals surface area (Å²) in [5, 5.41) is 2.16. The summed E-state index contributed by atoms with van der Waals surface area (Å²) in [7, 11) is 0. The average molecular weight is 448 g/mol. The van der Waals surface area contributed by atoms with Gasteiger partial charge in [-0.3, -0.25) is 4.79 Å². The van der Waals surface area contributed by atoms with Crippen LogP contribution in [0.2, 0.25) is 0 Å². The summed E-state index contributed by atoms with van der Waals surface area (Å²) in [5.41, 5.74) is 2.13. The molecule has 5 rings (SSSR count). The molecule has 0 aliphatic rings. The maximum absolute atomic E-state index is 13.4. The van der Waals surface area contributed by atoms with Crippen molar-refractivity contribution in [1.29, 1.82) is 0 Å². The highest BCUT2D eigenvalue weighted by atomic mass is 16.5. The van der Waals surface area contributed by atoms with Crippen molar-refractivity contribution in [2.45, 2.75) is 19.7 Å². The molecule has 4 heteroatoms. The summed E-state index contributed by atoms with van der Waals surface area (Å²) in [6.07, 6.45) is 0. The molecule has 168 valence electrons. The number of carbonyl (C=O) groups excluding carboxylic acids is 1. The number of fused-ring (bicyclic) bond motifs is 1. The molecule has 4 aromatic carbocycles. The van der Waals surface area contributed by atoms with Crippen LogP contribution in [0, 0.1) is 0 Å². The second kappa shape index (κ2) is 10.1. The van der Waals surface area contributed by atoms with Crippen LogP contribution >= 0.6 is 0 Å². The van der Waals surface area contributed by atoms with E-state index in [0.29, 0.717) is 24.6 Å². The summed E-state index contributed by atoms with van der Waals surface area (Å²) in [4.78, 5) is 15.2. The smallest absolute Gasteiger partial charge is 0.290 e. The number of rotatable bonds is 8. The molecule has 0 spiro atoms. The van der Waals surface area contributed by atoms with Crippen molar-refractivity contribution in [3.63, 3.8) is 0 Å². The minimum atomic E-state index is -0.149. The van der Waals surface area contributed by atoms with Crippen LogP contribution in [-0.4, -0.2) is 10.8 Å². The molecule has 5 aromatic rings. The zero-order valence-corrected chi connectivity index (χ0v) is 18.8. The van der Waals surface area contributed by atoms with Crippen molar-refractivity contribution >= 4 is 16.7 Å². The van der Waals surface area contributed by atoms with E-state index in [1.54, 1.807) is 11.0 Å². The number of hydrogen-bond acceptors (Lipinski definition) is 3. The zero-order chi connectivity index (χ0) is 23.2. The number of ether oxygens (including phenoxy) is 1. The van der Waals surface area contributed by atoms with Gasteiger partial charge in [0.2, 0.25) is 0 Å². The van der Waals surface area contributed by atoms with Gasteiger partial charge in [0.25, 0.3) is 5.91 Å². The van der Waals surface area contributed by atoms with Crippen LogP contribution in [-0.2, 0) is 19.7 Å². The van der Waals surface area contributed by atoms with E-state index in [1.165, 1.54) is 0 Å². The molecule has 0 atom stereocenters. The Balaban J connectivity index is 1.32. The van der Waals surface area contributed by atoms with E-state index in [9.17, 15) is 4.79 Å². The highest BCUT2D eigenvalue weighted by Gasteiger charge is 2.20. The van der Waals surface area contributed by atoms with Crippen LogP contribution < -0.4 is 4.74 Å². The molecule has 0 N–H and O–H groups in total. The normalized spacial score (nSPS) is 10.8. The van der Waals surface area contributed by atoms with Gasteiger partial charge in [0.1, 0.15) is 18.1 Å². The van der Waals surface area contributed by atoms with Gasteiger partial charge < -0.3 is 14.1 Å². The van der Waals surface area contributed by atoms with Gasteiger partial charge in [-0.2, -0.15) is 0 Å². The van der Waals surface area contributed by atoms with Crippen molar-refractivity contribution in [2.24, 2.45) is 0 Å². The lowest BCUT2D eigenvalue weighted by Crippen LogP contribution is -2.29. The molecular weight excluding hydrogens is 422 g/mol. The molecule has 0 radical (unpaired) electrons. The Morgan fingerprint density at radius 2 is 1.29 bits per heavy atom. The monoisotopic (exact) mass is 447 g/mol. The number of furan rings is 1. The molecule has 0 bridgehead atoms. The maximum atomic E-state index is 13.4. The molecule has 1 aromatic heterocycles. The number of nitrogens with zero attached hydrogens (tertiary/aromatic N) is 1. The number of carbonyl (C=O) groups is 1. The molecule has 0 aliphatic heterocycles. The van der Waals surface area contributed by atoms with Gasteiger partial charge in [-0.1, -0.05) is 97.1 Å². The Bertz CT molecular complexity index is 1330. The molecule has 4 nitrogen and oxygen atoms in total. The maximum Gasteiger partial charge on any atom is 0.290 e. The standard InChI is InChI=1S/C30H25NO3/c32-30(31(20-23-10-3-1-4-11-23)21-24-12-5-2-6-13-24)29-19-18-26(34-29)22-33-28-17-9-15-25-14-7-8-16-27(25)28/h1-19H,20-22H2. The second-order valence-corrected chi connectivity index (χ2v) is 8.16. The largest absolute Gasteiger partial charge is 0.485 e. The van der Waals surface area contributed by atoms with Crippen LogP contribution in [0.5, 0.6) is 5.75 Å². The summed E-state index contributed by atoms with van der Waals surface area (Å²) in [5.74, 6) is 1.56.